The van der Waals surface area contributed by atoms with Gasteiger partial charge in [0.2, 0.25) is 0 Å². The van der Waals surface area contributed by atoms with Crippen molar-refractivity contribution < 1.29 is 15.0 Å². The Balaban J connectivity index is 4.14. The third-order valence-corrected chi connectivity index (χ3v) is 1.60. The van der Waals surface area contributed by atoms with E-state index >= 15 is 0 Å². The van der Waals surface area contributed by atoms with Crippen LogP contribution >= 0.6 is 0 Å². The SMILES string of the molecule is CNC(C(=O)O)C(O)C(C)C. The van der Waals surface area contributed by atoms with Crippen LogP contribution < -0.4 is 5.32 Å². The Morgan fingerprint density at radius 3 is 2.00 bits per heavy atom. The van der Waals surface area contributed by atoms with Crippen molar-refractivity contribution in [3.8, 4) is 0 Å². The number of carboxylic acid groups (broad SMARTS) is 1. The molecule has 0 aromatic carbocycles. The van der Waals surface area contributed by atoms with Crippen molar-refractivity contribution in [2.75, 3.05) is 7.05 Å². The molecule has 4 nitrogen and oxygen atoms in total. The van der Waals surface area contributed by atoms with E-state index in [1.165, 1.54) is 7.05 Å². The summed E-state index contributed by atoms with van der Waals surface area (Å²) in [6, 6.07) is -0.866. The monoisotopic (exact) mass is 161 g/mol. The molecule has 0 rings (SSSR count). The average Bonchev–Trinajstić information content (AvgIpc) is 1.88. The minimum Gasteiger partial charge on any atom is -0.480 e. The number of hydrogen-bond acceptors (Lipinski definition) is 3. The lowest BCUT2D eigenvalue weighted by molar-refractivity contribution is -0.143. The van der Waals surface area contributed by atoms with Crippen LogP contribution in [0.1, 0.15) is 13.8 Å². The molecule has 0 heterocycles. The van der Waals surface area contributed by atoms with E-state index in [9.17, 15) is 9.90 Å². The van der Waals surface area contributed by atoms with Gasteiger partial charge in [0.05, 0.1) is 6.10 Å². The number of nitrogens with one attached hydrogen (secondary N) is 1. The molecule has 11 heavy (non-hydrogen) atoms. The molecule has 0 aliphatic heterocycles. The number of likely N-dealkylation sites (N-methyl/N-ethyl adjacent to an activating group) is 1. The van der Waals surface area contributed by atoms with Crippen LogP contribution in [-0.4, -0.2) is 35.4 Å². The van der Waals surface area contributed by atoms with Gasteiger partial charge >= 0.3 is 5.97 Å². The Hall–Kier alpha value is -0.610. The van der Waals surface area contributed by atoms with Crippen LogP contribution in [0.15, 0.2) is 0 Å². The van der Waals surface area contributed by atoms with E-state index in [0.717, 1.165) is 0 Å². The summed E-state index contributed by atoms with van der Waals surface area (Å²) < 4.78 is 0. The molecule has 0 radical (unpaired) electrons. The van der Waals surface area contributed by atoms with Gasteiger partial charge in [-0.2, -0.15) is 0 Å². The van der Waals surface area contributed by atoms with Crippen LogP contribution in [0.25, 0.3) is 0 Å². The molecule has 0 aliphatic rings. The van der Waals surface area contributed by atoms with Crippen molar-refractivity contribution >= 4 is 5.97 Å². The van der Waals surface area contributed by atoms with E-state index < -0.39 is 18.1 Å². The zero-order valence-electron chi connectivity index (χ0n) is 7.03. The van der Waals surface area contributed by atoms with E-state index in [4.69, 9.17) is 5.11 Å². The Morgan fingerprint density at radius 2 is 1.91 bits per heavy atom. The van der Waals surface area contributed by atoms with Gasteiger partial charge in [-0.1, -0.05) is 13.8 Å². The van der Waals surface area contributed by atoms with Crippen LogP contribution in [0.2, 0.25) is 0 Å². The van der Waals surface area contributed by atoms with Gasteiger partial charge in [-0.05, 0) is 13.0 Å². The maximum absolute atomic E-state index is 10.5. The molecule has 0 aliphatic carbocycles. The number of hydrogen-bond donors (Lipinski definition) is 3. The number of aliphatic carboxylic acids is 1. The van der Waals surface area contributed by atoms with E-state index in [2.05, 4.69) is 5.32 Å². The highest BCUT2D eigenvalue weighted by atomic mass is 16.4. The van der Waals surface area contributed by atoms with E-state index in [0.29, 0.717) is 0 Å². The van der Waals surface area contributed by atoms with Crippen molar-refractivity contribution in [3.05, 3.63) is 0 Å². The maximum Gasteiger partial charge on any atom is 0.323 e. The molecule has 0 spiro atoms. The van der Waals surface area contributed by atoms with Crippen molar-refractivity contribution in [1.29, 1.82) is 0 Å². The van der Waals surface area contributed by atoms with Gasteiger partial charge in [0, 0.05) is 0 Å². The Kier molecular flexibility index (Phi) is 4.07. The first-order chi connectivity index (χ1) is 5.00. The van der Waals surface area contributed by atoms with E-state index in [1.807, 2.05) is 0 Å². The zero-order chi connectivity index (χ0) is 9.02. The van der Waals surface area contributed by atoms with Gasteiger partial charge in [-0.15, -0.1) is 0 Å². The molecule has 0 saturated carbocycles. The number of carboxylic acids is 1. The molecule has 2 unspecified atom stereocenters. The summed E-state index contributed by atoms with van der Waals surface area (Å²) in [4.78, 5) is 10.5. The lowest BCUT2D eigenvalue weighted by Gasteiger charge is -2.21. The molecular weight excluding hydrogens is 146 g/mol. The molecule has 0 amide bonds. The number of carbonyl (C=O) groups is 1. The van der Waals surface area contributed by atoms with Gasteiger partial charge in [-0.3, -0.25) is 4.79 Å². The van der Waals surface area contributed by atoms with Crippen molar-refractivity contribution in [1.82, 2.24) is 5.32 Å². The van der Waals surface area contributed by atoms with Gasteiger partial charge in [0.15, 0.2) is 0 Å². The molecular formula is C7H15NO3. The molecule has 66 valence electrons. The minimum atomic E-state index is -1.02. The zero-order valence-corrected chi connectivity index (χ0v) is 7.03. The average molecular weight is 161 g/mol. The minimum absolute atomic E-state index is 0.0523. The van der Waals surface area contributed by atoms with Gasteiger partial charge in [0.25, 0.3) is 0 Å². The highest BCUT2D eigenvalue weighted by molar-refractivity contribution is 5.74. The highest BCUT2D eigenvalue weighted by Gasteiger charge is 2.26. The lowest BCUT2D eigenvalue weighted by Crippen LogP contribution is -2.46. The first kappa shape index (κ1) is 10.4. The van der Waals surface area contributed by atoms with Crippen molar-refractivity contribution in [3.63, 3.8) is 0 Å². The Morgan fingerprint density at radius 1 is 1.45 bits per heavy atom. The summed E-state index contributed by atoms with van der Waals surface area (Å²) >= 11 is 0. The van der Waals surface area contributed by atoms with Gasteiger partial charge < -0.3 is 15.5 Å². The summed E-state index contributed by atoms with van der Waals surface area (Å²) in [5.74, 6) is -1.07. The van der Waals surface area contributed by atoms with Crippen LogP contribution in [0.5, 0.6) is 0 Å². The molecule has 2 atom stereocenters. The number of rotatable bonds is 4. The Bertz CT molecular complexity index is 136. The molecule has 0 fully saturated rings. The Labute approximate surface area is 66.2 Å². The summed E-state index contributed by atoms with van der Waals surface area (Å²) in [6.45, 7) is 3.55. The third-order valence-electron chi connectivity index (χ3n) is 1.60. The standard InChI is InChI=1S/C7H15NO3/c1-4(2)6(9)5(8-3)7(10)11/h4-6,8-9H,1-3H3,(H,10,11). The summed E-state index contributed by atoms with van der Waals surface area (Å²) in [7, 11) is 1.52. The van der Waals surface area contributed by atoms with E-state index in [1.54, 1.807) is 13.8 Å². The van der Waals surface area contributed by atoms with Crippen LogP contribution in [-0.2, 0) is 4.79 Å². The number of aliphatic hydroxyl groups is 1. The third kappa shape index (κ3) is 2.86. The molecule has 0 saturated heterocycles. The molecule has 0 aromatic rings. The second kappa shape index (κ2) is 4.31. The molecule has 4 heteroatoms. The predicted molar refractivity (Wildman–Crippen MR) is 41.3 cm³/mol. The normalized spacial score (nSPS) is 16.5. The topological polar surface area (TPSA) is 69.6 Å². The fourth-order valence-corrected chi connectivity index (χ4v) is 0.825. The summed E-state index contributed by atoms with van der Waals surface area (Å²) in [5.41, 5.74) is 0. The first-order valence-corrected chi connectivity index (χ1v) is 3.58. The lowest BCUT2D eigenvalue weighted by atomic mass is 10.0. The second-order valence-electron chi connectivity index (χ2n) is 2.84. The fraction of sp³-hybridized carbons (Fsp3) is 0.857. The predicted octanol–water partition coefficient (Wildman–Crippen LogP) is -0.324. The summed E-state index contributed by atoms with van der Waals surface area (Å²) in [6.07, 6.45) is -0.836. The highest BCUT2D eigenvalue weighted by Crippen LogP contribution is 2.05. The molecule has 3 N–H and O–H groups in total. The van der Waals surface area contributed by atoms with Gasteiger partial charge in [0.1, 0.15) is 6.04 Å². The largest absolute Gasteiger partial charge is 0.480 e. The van der Waals surface area contributed by atoms with E-state index in [-0.39, 0.29) is 5.92 Å². The number of aliphatic hydroxyl groups excluding tert-OH is 1. The summed E-state index contributed by atoms with van der Waals surface area (Å²) in [5, 5.41) is 20.4. The quantitative estimate of drug-likeness (QED) is 0.528. The molecule has 0 bridgehead atoms. The second-order valence-corrected chi connectivity index (χ2v) is 2.84. The van der Waals surface area contributed by atoms with Gasteiger partial charge in [-0.25, -0.2) is 0 Å². The van der Waals surface area contributed by atoms with Crippen LogP contribution in [0.3, 0.4) is 0 Å². The van der Waals surface area contributed by atoms with Crippen LogP contribution in [0.4, 0.5) is 0 Å². The smallest absolute Gasteiger partial charge is 0.323 e. The van der Waals surface area contributed by atoms with Crippen molar-refractivity contribution in [2.45, 2.75) is 26.0 Å². The van der Waals surface area contributed by atoms with Crippen molar-refractivity contribution in [2.24, 2.45) is 5.92 Å². The molecule has 0 aromatic heterocycles. The maximum atomic E-state index is 10.5. The van der Waals surface area contributed by atoms with Crippen LogP contribution in [0, 0.1) is 5.92 Å². The fourth-order valence-electron chi connectivity index (χ4n) is 0.825. The first-order valence-electron chi connectivity index (χ1n) is 3.58.